The van der Waals surface area contributed by atoms with E-state index in [1.165, 1.54) is 0 Å². The van der Waals surface area contributed by atoms with E-state index in [0.29, 0.717) is 12.8 Å². The smallest absolute Gasteiger partial charge is 0.0773 e. The average molecular weight is 159 g/mol. The Morgan fingerprint density at radius 3 is 2.75 bits per heavy atom. The van der Waals surface area contributed by atoms with Crippen LogP contribution in [0.2, 0.25) is 0 Å². The summed E-state index contributed by atoms with van der Waals surface area (Å²) in [5, 5.41) is 16.9. The van der Waals surface area contributed by atoms with Gasteiger partial charge in [-0.15, -0.1) is 0 Å². The summed E-state index contributed by atoms with van der Waals surface area (Å²) >= 11 is 0. The zero-order chi connectivity index (χ0) is 8.81. The Balaban J connectivity index is 2.71. The minimum atomic E-state index is 0.327. The maximum atomic E-state index is 8.48. The van der Waals surface area contributed by atoms with E-state index >= 15 is 0 Å². The fourth-order valence-corrected chi connectivity index (χ4v) is 1.16. The van der Waals surface area contributed by atoms with Crippen molar-refractivity contribution in [1.82, 2.24) is 0 Å². The first kappa shape index (κ1) is 8.49. The van der Waals surface area contributed by atoms with Crippen LogP contribution < -0.4 is 0 Å². The molecule has 1 aliphatic rings. The molecule has 0 saturated heterocycles. The second-order valence-electron chi connectivity index (χ2n) is 2.52. The van der Waals surface area contributed by atoms with Gasteiger partial charge in [-0.2, -0.15) is 10.5 Å². The second kappa shape index (κ2) is 4.31. The summed E-state index contributed by atoms with van der Waals surface area (Å²) in [4.78, 5) is 4.19. The molecule has 0 aliphatic carbocycles. The lowest BCUT2D eigenvalue weighted by atomic mass is 10.0. The lowest BCUT2D eigenvalue weighted by Crippen LogP contribution is -2.07. The van der Waals surface area contributed by atoms with Crippen molar-refractivity contribution in [3.63, 3.8) is 0 Å². The Kier molecular flexibility index (Phi) is 3.04. The molecule has 3 nitrogen and oxygen atoms in total. The van der Waals surface area contributed by atoms with Crippen molar-refractivity contribution in [2.24, 2.45) is 4.99 Å². The number of nitriles is 2. The fourth-order valence-electron chi connectivity index (χ4n) is 1.16. The molecule has 60 valence electrons. The summed E-state index contributed by atoms with van der Waals surface area (Å²) in [6.07, 6.45) is 3.60. The van der Waals surface area contributed by atoms with Gasteiger partial charge in [0.15, 0.2) is 0 Å². The number of nitrogens with zero attached hydrogens (tertiary/aromatic N) is 3. The van der Waals surface area contributed by atoms with E-state index in [9.17, 15) is 0 Å². The van der Waals surface area contributed by atoms with Crippen molar-refractivity contribution >= 4 is 5.71 Å². The predicted octanol–water partition coefficient (Wildman–Crippen LogP) is 1.58. The van der Waals surface area contributed by atoms with E-state index in [4.69, 9.17) is 10.5 Å². The molecule has 0 saturated carbocycles. The van der Waals surface area contributed by atoms with Crippen LogP contribution in [0.4, 0.5) is 0 Å². The predicted molar refractivity (Wildman–Crippen MR) is 45.5 cm³/mol. The van der Waals surface area contributed by atoms with Crippen LogP contribution >= 0.6 is 0 Å². The molecule has 0 aromatic rings. The largest absolute Gasteiger partial charge is 0.288 e. The van der Waals surface area contributed by atoms with Crippen LogP contribution in [0.15, 0.2) is 16.6 Å². The molecule has 0 atom stereocenters. The molecular weight excluding hydrogens is 150 g/mol. The molecule has 0 aromatic heterocycles. The van der Waals surface area contributed by atoms with E-state index in [1.54, 1.807) is 0 Å². The van der Waals surface area contributed by atoms with Crippen LogP contribution in [0.25, 0.3) is 0 Å². The first-order valence-electron chi connectivity index (χ1n) is 3.85. The minimum Gasteiger partial charge on any atom is -0.288 e. The number of rotatable bonds is 2. The van der Waals surface area contributed by atoms with Gasteiger partial charge in [-0.05, 0) is 12.0 Å². The zero-order valence-corrected chi connectivity index (χ0v) is 6.75. The molecule has 0 spiro atoms. The molecule has 0 unspecified atom stereocenters. The number of aliphatic imine (C=N–C) groups is 1. The van der Waals surface area contributed by atoms with Gasteiger partial charge in [-0.25, -0.2) is 0 Å². The fraction of sp³-hybridized carbons (Fsp3) is 0.444. The second-order valence-corrected chi connectivity index (χ2v) is 2.52. The molecule has 0 fully saturated rings. The molecule has 0 N–H and O–H groups in total. The number of hydrogen-bond donors (Lipinski definition) is 0. The lowest BCUT2D eigenvalue weighted by Gasteiger charge is -2.09. The molecule has 1 aliphatic heterocycles. The molecular formula is C9H9N3. The van der Waals surface area contributed by atoms with Crippen LogP contribution in [0.3, 0.4) is 0 Å². The topological polar surface area (TPSA) is 59.9 Å². The summed E-state index contributed by atoms with van der Waals surface area (Å²) in [6, 6.07) is 4.11. The number of hydrogen-bond acceptors (Lipinski definition) is 3. The van der Waals surface area contributed by atoms with Crippen molar-refractivity contribution in [3.8, 4) is 12.1 Å². The molecule has 1 heterocycles. The standard InChI is InChI=1S/C9H9N3/c10-5-3-8-2-1-7-12-9(8)4-6-11/h2H,1,3-4,7H2. The van der Waals surface area contributed by atoms with Crippen LogP contribution in [0.1, 0.15) is 19.3 Å². The summed E-state index contributed by atoms with van der Waals surface area (Å²) in [5.41, 5.74) is 1.73. The van der Waals surface area contributed by atoms with Gasteiger partial charge >= 0.3 is 0 Å². The van der Waals surface area contributed by atoms with Gasteiger partial charge in [0, 0.05) is 6.54 Å². The molecule has 1 rings (SSSR count). The molecule has 0 radical (unpaired) electrons. The molecule has 3 heteroatoms. The van der Waals surface area contributed by atoms with Crippen molar-refractivity contribution in [3.05, 3.63) is 11.6 Å². The van der Waals surface area contributed by atoms with E-state index in [1.807, 2.05) is 12.1 Å². The zero-order valence-electron chi connectivity index (χ0n) is 6.75. The first-order valence-corrected chi connectivity index (χ1v) is 3.85. The Hall–Kier alpha value is -1.61. The minimum absolute atomic E-state index is 0.327. The normalized spacial score (nSPS) is 15.5. The Labute approximate surface area is 71.6 Å². The molecule has 0 aromatic carbocycles. The van der Waals surface area contributed by atoms with E-state index in [0.717, 1.165) is 24.3 Å². The van der Waals surface area contributed by atoms with Gasteiger partial charge in [0.1, 0.15) is 0 Å². The van der Waals surface area contributed by atoms with Crippen molar-refractivity contribution in [2.45, 2.75) is 19.3 Å². The third-order valence-corrected chi connectivity index (χ3v) is 1.71. The summed E-state index contributed by atoms with van der Waals surface area (Å²) in [7, 11) is 0. The Bertz CT molecular complexity index is 267. The van der Waals surface area contributed by atoms with Crippen LogP contribution in [-0.2, 0) is 0 Å². The monoisotopic (exact) mass is 159 g/mol. The highest BCUT2D eigenvalue weighted by Crippen LogP contribution is 2.12. The third-order valence-electron chi connectivity index (χ3n) is 1.71. The van der Waals surface area contributed by atoms with Gasteiger partial charge in [0.25, 0.3) is 0 Å². The maximum absolute atomic E-state index is 8.48. The van der Waals surface area contributed by atoms with E-state index in [-0.39, 0.29) is 0 Å². The highest BCUT2D eigenvalue weighted by Gasteiger charge is 2.08. The Morgan fingerprint density at radius 1 is 1.33 bits per heavy atom. The van der Waals surface area contributed by atoms with Gasteiger partial charge in [-0.1, -0.05) is 6.08 Å². The van der Waals surface area contributed by atoms with Crippen molar-refractivity contribution in [2.75, 3.05) is 6.54 Å². The third kappa shape index (κ3) is 1.93. The first-order chi connectivity index (χ1) is 5.88. The summed E-state index contributed by atoms with van der Waals surface area (Å²) < 4.78 is 0. The Morgan fingerprint density at radius 2 is 2.08 bits per heavy atom. The quantitative estimate of drug-likeness (QED) is 0.614. The number of dihydropyridines is 1. The SMILES string of the molecule is N#CCC1=CCCN=C1CC#N. The lowest BCUT2D eigenvalue weighted by molar-refractivity contribution is 0.962. The summed E-state index contributed by atoms with van der Waals surface area (Å²) in [5.74, 6) is 0. The van der Waals surface area contributed by atoms with Gasteiger partial charge in [-0.3, -0.25) is 4.99 Å². The average Bonchev–Trinajstić information content (AvgIpc) is 2.09. The molecule has 12 heavy (non-hydrogen) atoms. The molecule has 0 amide bonds. The van der Waals surface area contributed by atoms with Crippen LogP contribution in [0.5, 0.6) is 0 Å². The molecule has 0 bridgehead atoms. The van der Waals surface area contributed by atoms with Crippen molar-refractivity contribution < 1.29 is 0 Å². The number of allylic oxidation sites excluding steroid dienone is 1. The maximum Gasteiger partial charge on any atom is 0.0773 e. The highest BCUT2D eigenvalue weighted by atomic mass is 14.7. The van der Waals surface area contributed by atoms with Crippen LogP contribution in [0, 0.1) is 22.7 Å². The van der Waals surface area contributed by atoms with Gasteiger partial charge < -0.3 is 0 Å². The van der Waals surface area contributed by atoms with E-state index < -0.39 is 0 Å². The van der Waals surface area contributed by atoms with E-state index in [2.05, 4.69) is 11.1 Å². The van der Waals surface area contributed by atoms with Crippen LogP contribution in [-0.4, -0.2) is 12.3 Å². The summed E-state index contributed by atoms with van der Waals surface area (Å²) in [6.45, 7) is 0.756. The highest BCUT2D eigenvalue weighted by molar-refractivity contribution is 6.02. The van der Waals surface area contributed by atoms with Gasteiger partial charge in [0.05, 0.1) is 30.7 Å². The van der Waals surface area contributed by atoms with Gasteiger partial charge in [0.2, 0.25) is 0 Å². The van der Waals surface area contributed by atoms with Crippen molar-refractivity contribution in [1.29, 1.82) is 10.5 Å².